The highest BCUT2D eigenvalue weighted by molar-refractivity contribution is 7.92. The van der Waals surface area contributed by atoms with Gasteiger partial charge in [-0.15, -0.1) is 0 Å². The van der Waals surface area contributed by atoms with Gasteiger partial charge < -0.3 is 5.32 Å². The van der Waals surface area contributed by atoms with E-state index in [1.165, 1.54) is 30.3 Å². The van der Waals surface area contributed by atoms with E-state index in [1.807, 2.05) is 6.07 Å². The summed E-state index contributed by atoms with van der Waals surface area (Å²) >= 11 is 0. The molecular formula is C22H17F2N3O3S. The van der Waals surface area contributed by atoms with Crippen molar-refractivity contribution in [2.75, 3.05) is 4.72 Å². The molecule has 0 fully saturated rings. The smallest absolute Gasteiger partial charge is 0.261 e. The van der Waals surface area contributed by atoms with Crippen LogP contribution in [0.1, 0.15) is 17.2 Å². The summed E-state index contributed by atoms with van der Waals surface area (Å²) in [5.41, 5.74) is 0.895. The molecule has 0 saturated carbocycles. The van der Waals surface area contributed by atoms with Gasteiger partial charge in [-0.05, 0) is 48.0 Å². The number of sulfonamides is 1. The molecule has 9 heteroatoms. The largest absolute Gasteiger partial charge is 0.336 e. The Hall–Kier alpha value is -3.77. The number of carbonyl (C=O) groups is 1. The van der Waals surface area contributed by atoms with Gasteiger partial charge in [0.15, 0.2) is 0 Å². The first-order chi connectivity index (χ1) is 14.8. The summed E-state index contributed by atoms with van der Waals surface area (Å²) in [6, 6.07) is 16.9. The molecule has 0 aliphatic rings. The van der Waals surface area contributed by atoms with Crippen molar-refractivity contribution in [3.8, 4) is 6.07 Å². The maximum absolute atomic E-state index is 13.8. The van der Waals surface area contributed by atoms with Gasteiger partial charge in [0.05, 0.1) is 17.4 Å². The molecule has 6 nitrogen and oxygen atoms in total. The summed E-state index contributed by atoms with van der Waals surface area (Å²) in [6.45, 7) is 0. The van der Waals surface area contributed by atoms with Gasteiger partial charge in [-0.25, -0.2) is 17.2 Å². The molecule has 0 spiro atoms. The van der Waals surface area contributed by atoms with Crippen molar-refractivity contribution in [1.29, 1.82) is 5.26 Å². The second kappa shape index (κ2) is 9.36. The summed E-state index contributed by atoms with van der Waals surface area (Å²) in [5.74, 6) is -1.63. The van der Waals surface area contributed by atoms with E-state index in [0.717, 1.165) is 24.3 Å². The average Bonchev–Trinajstić information content (AvgIpc) is 2.74. The van der Waals surface area contributed by atoms with Gasteiger partial charge in [-0.1, -0.05) is 30.3 Å². The lowest BCUT2D eigenvalue weighted by atomic mass is 10.1. The number of halogens is 2. The Morgan fingerprint density at radius 2 is 1.61 bits per heavy atom. The lowest BCUT2D eigenvalue weighted by Crippen LogP contribution is -2.29. The summed E-state index contributed by atoms with van der Waals surface area (Å²) in [6.07, 6.45) is -0.0857. The van der Waals surface area contributed by atoms with Crippen LogP contribution in [0.3, 0.4) is 0 Å². The van der Waals surface area contributed by atoms with E-state index in [-0.39, 0.29) is 22.6 Å². The molecule has 0 aromatic heterocycles. The number of nitrogens with zero attached hydrogens (tertiary/aromatic N) is 1. The van der Waals surface area contributed by atoms with E-state index in [4.69, 9.17) is 0 Å². The van der Waals surface area contributed by atoms with E-state index >= 15 is 0 Å². The zero-order chi connectivity index (χ0) is 22.4. The Bertz CT molecular complexity index is 1220. The van der Waals surface area contributed by atoms with Crippen molar-refractivity contribution in [1.82, 2.24) is 5.32 Å². The predicted molar refractivity (Wildman–Crippen MR) is 110 cm³/mol. The first-order valence-corrected chi connectivity index (χ1v) is 10.6. The molecule has 3 rings (SSSR count). The van der Waals surface area contributed by atoms with Crippen LogP contribution in [0.25, 0.3) is 0 Å². The van der Waals surface area contributed by atoms with Crippen LogP contribution < -0.4 is 10.0 Å². The monoisotopic (exact) mass is 441 g/mol. The van der Waals surface area contributed by atoms with Gasteiger partial charge >= 0.3 is 0 Å². The lowest BCUT2D eigenvalue weighted by molar-refractivity contribution is -0.120. The maximum Gasteiger partial charge on any atom is 0.261 e. The van der Waals surface area contributed by atoms with E-state index in [9.17, 15) is 27.3 Å². The van der Waals surface area contributed by atoms with Crippen molar-refractivity contribution >= 4 is 21.6 Å². The molecule has 0 heterocycles. The second-order valence-corrected chi connectivity index (χ2v) is 8.27. The van der Waals surface area contributed by atoms with Crippen molar-refractivity contribution in [2.45, 2.75) is 17.4 Å². The number of hydrogen-bond acceptors (Lipinski definition) is 4. The standard InChI is InChI=1S/C22H17F2N3O3S/c23-16-7-11-18(12-8-16)31(29,30)27-17-9-5-15(6-10-17)13-22(28)26-21(14-25)19-3-1-2-4-20(19)24/h1-12,21,27H,13H2,(H,26,28). The molecule has 31 heavy (non-hydrogen) atoms. The minimum absolute atomic E-state index is 0.0731. The Morgan fingerprint density at radius 1 is 0.968 bits per heavy atom. The van der Waals surface area contributed by atoms with Gasteiger partial charge in [-0.2, -0.15) is 5.26 Å². The number of benzene rings is 3. The van der Waals surface area contributed by atoms with Gasteiger partial charge in [0.2, 0.25) is 5.91 Å². The van der Waals surface area contributed by atoms with Crippen LogP contribution in [0.4, 0.5) is 14.5 Å². The van der Waals surface area contributed by atoms with E-state index in [0.29, 0.717) is 5.56 Å². The first kappa shape index (κ1) is 21.9. The van der Waals surface area contributed by atoms with Gasteiger partial charge in [0.1, 0.15) is 17.7 Å². The van der Waals surface area contributed by atoms with E-state index < -0.39 is 33.6 Å². The molecule has 0 aliphatic heterocycles. The zero-order valence-electron chi connectivity index (χ0n) is 16.0. The molecule has 0 radical (unpaired) electrons. The molecule has 158 valence electrons. The quantitative estimate of drug-likeness (QED) is 0.584. The maximum atomic E-state index is 13.8. The number of nitriles is 1. The van der Waals surface area contributed by atoms with Crippen molar-refractivity contribution in [3.63, 3.8) is 0 Å². The third-order valence-electron chi connectivity index (χ3n) is 4.35. The van der Waals surface area contributed by atoms with Crippen LogP contribution in [-0.4, -0.2) is 14.3 Å². The van der Waals surface area contributed by atoms with Crippen molar-refractivity contribution in [3.05, 3.63) is 95.6 Å². The summed E-state index contributed by atoms with van der Waals surface area (Å²) in [5, 5.41) is 11.7. The van der Waals surface area contributed by atoms with Crippen molar-refractivity contribution < 1.29 is 22.0 Å². The van der Waals surface area contributed by atoms with Crippen LogP contribution in [0.2, 0.25) is 0 Å². The van der Waals surface area contributed by atoms with Crippen molar-refractivity contribution in [2.24, 2.45) is 0 Å². The highest BCUT2D eigenvalue weighted by Gasteiger charge is 2.18. The number of hydrogen-bond donors (Lipinski definition) is 2. The van der Waals surface area contributed by atoms with Gasteiger partial charge in [0.25, 0.3) is 10.0 Å². The molecule has 0 saturated heterocycles. The zero-order valence-corrected chi connectivity index (χ0v) is 16.9. The molecular weight excluding hydrogens is 424 g/mol. The van der Waals surface area contributed by atoms with Crippen LogP contribution in [0.5, 0.6) is 0 Å². The first-order valence-electron chi connectivity index (χ1n) is 9.09. The Morgan fingerprint density at radius 3 is 2.23 bits per heavy atom. The van der Waals surface area contributed by atoms with E-state index in [2.05, 4.69) is 10.0 Å². The summed E-state index contributed by atoms with van der Waals surface area (Å²) in [4.78, 5) is 12.2. The Balaban J connectivity index is 1.64. The number of rotatable bonds is 7. The molecule has 3 aromatic carbocycles. The third-order valence-corrected chi connectivity index (χ3v) is 5.74. The Kier molecular flexibility index (Phi) is 6.62. The fourth-order valence-corrected chi connectivity index (χ4v) is 3.86. The third kappa shape index (κ3) is 5.65. The highest BCUT2D eigenvalue weighted by atomic mass is 32.2. The Labute approximate surface area is 178 Å². The second-order valence-electron chi connectivity index (χ2n) is 6.58. The molecule has 3 aromatic rings. The molecule has 0 bridgehead atoms. The number of nitrogens with one attached hydrogen (secondary N) is 2. The highest BCUT2D eigenvalue weighted by Crippen LogP contribution is 2.19. The lowest BCUT2D eigenvalue weighted by Gasteiger charge is -2.13. The number of anilines is 1. The molecule has 0 aliphatic carbocycles. The van der Waals surface area contributed by atoms with Crippen LogP contribution in [0.15, 0.2) is 77.7 Å². The minimum atomic E-state index is -3.89. The van der Waals surface area contributed by atoms with E-state index in [1.54, 1.807) is 18.2 Å². The fraction of sp³-hybridized carbons (Fsp3) is 0.0909. The topological polar surface area (TPSA) is 99.1 Å². The minimum Gasteiger partial charge on any atom is -0.336 e. The summed E-state index contributed by atoms with van der Waals surface area (Å²) < 4.78 is 53.9. The molecule has 2 N–H and O–H groups in total. The fourth-order valence-electron chi connectivity index (χ4n) is 2.80. The van der Waals surface area contributed by atoms with Crippen LogP contribution in [-0.2, 0) is 21.2 Å². The SMILES string of the molecule is N#CC(NC(=O)Cc1ccc(NS(=O)(=O)c2ccc(F)cc2)cc1)c1ccccc1F. The average molecular weight is 441 g/mol. The predicted octanol–water partition coefficient (Wildman–Crippen LogP) is 3.69. The normalized spacial score (nSPS) is 11.9. The molecule has 1 amide bonds. The number of carbonyl (C=O) groups excluding carboxylic acids is 1. The van der Waals surface area contributed by atoms with Gasteiger partial charge in [-0.3, -0.25) is 9.52 Å². The van der Waals surface area contributed by atoms with Crippen LogP contribution in [0, 0.1) is 23.0 Å². The number of amides is 1. The molecule has 1 unspecified atom stereocenters. The van der Waals surface area contributed by atoms with Crippen LogP contribution >= 0.6 is 0 Å². The molecule has 1 atom stereocenters. The van der Waals surface area contributed by atoms with Gasteiger partial charge in [0, 0.05) is 11.3 Å². The summed E-state index contributed by atoms with van der Waals surface area (Å²) in [7, 11) is -3.89.